The molecule has 0 fully saturated rings. The molecule has 0 aliphatic carbocycles. The summed E-state index contributed by atoms with van der Waals surface area (Å²) in [6.45, 7) is 0. The van der Waals surface area contributed by atoms with E-state index in [1.165, 1.54) is 48.5 Å². The average Bonchev–Trinajstić information content (AvgIpc) is 3.07. The van der Waals surface area contributed by atoms with Crippen molar-refractivity contribution >= 4 is 11.4 Å². The number of nitrogens with two attached hydrogens (primary N) is 2. The van der Waals surface area contributed by atoms with Gasteiger partial charge in [-0.2, -0.15) is 79.0 Å². The Hall–Kier alpha value is -4.78. The Balaban J connectivity index is 2.07. The summed E-state index contributed by atoms with van der Waals surface area (Å²) >= 11 is 0. The molecule has 20 heteroatoms. The first-order valence-corrected chi connectivity index (χ1v) is 15.2. The van der Waals surface area contributed by atoms with Gasteiger partial charge in [0.25, 0.3) is 0 Å². The summed E-state index contributed by atoms with van der Waals surface area (Å²) < 4.78 is 264. The van der Waals surface area contributed by atoms with Crippen LogP contribution in [0.1, 0.15) is 33.4 Å². The summed E-state index contributed by atoms with van der Waals surface area (Å²) in [6, 6.07) is 12.5. The summed E-state index contributed by atoms with van der Waals surface area (Å²) in [5.41, 5.74) is 1.02. The van der Waals surface area contributed by atoms with Crippen LogP contribution in [0.4, 0.5) is 90.4 Å². The Morgan fingerprint density at radius 2 is 0.527 bits per heavy atom. The van der Waals surface area contributed by atoms with E-state index < -0.39 is 64.4 Å². The summed E-state index contributed by atoms with van der Waals surface area (Å²) in [6.07, 6.45) is -15.9. The van der Waals surface area contributed by atoms with Gasteiger partial charge in [-0.25, -0.2) is 0 Å². The number of hydrogen-bond acceptors (Lipinski definition) is 2. The van der Waals surface area contributed by atoms with Crippen molar-refractivity contribution in [2.75, 3.05) is 11.5 Å². The lowest BCUT2D eigenvalue weighted by Gasteiger charge is -2.50. The van der Waals surface area contributed by atoms with Crippen LogP contribution in [-0.4, -0.2) is 47.9 Å². The van der Waals surface area contributed by atoms with E-state index in [1.54, 1.807) is 0 Å². The number of anilines is 2. The van der Waals surface area contributed by atoms with Gasteiger partial charge < -0.3 is 11.5 Å². The Kier molecular flexibility index (Phi) is 10.7. The third-order valence-corrected chi connectivity index (χ3v) is 8.78. The number of hydrogen-bond donors (Lipinski definition) is 2. The first-order chi connectivity index (χ1) is 24.9. The number of nitrogen functional groups attached to an aromatic ring is 2. The second-order valence-corrected chi connectivity index (χ2v) is 12.4. The minimum Gasteiger partial charge on any atom is -0.399 e. The van der Waals surface area contributed by atoms with Gasteiger partial charge in [-0.1, -0.05) is 72.8 Å². The first kappa shape index (κ1) is 43.0. The van der Waals surface area contributed by atoms with E-state index in [4.69, 9.17) is 11.5 Å². The van der Waals surface area contributed by atoms with Crippen LogP contribution in [0.3, 0.4) is 0 Å². The van der Waals surface area contributed by atoms with Crippen molar-refractivity contribution in [3.8, 4) is 0 Å². The minimum atomic E-state index is -8.69. The summed E-state index contributed by atoms with van der Waals surface area (Å²) in [4.78, 5) is 0. The van der Waals surface area contributed by atoms with Gasteiger partial charge in [0.1, 0.15) is 0 Å². The van der Waals surface area contributed by atoms with E-state index in [-0.39, 0.29) is 59.6 Å². The van der Waals surface area contributed by atoms with E-state index in [0.717, 1.165) is 0 Å². The molecular formula is C35H24F18N2. The molecule has 0 saturated carbocycles. The molecular weight excluding hydrogens is 790 g/mol. The highest BCUT2D eigenvalue weighted by Gasteiger charge is 2.95. The van der Waals surface area contributed by atoms with E-state index in [9.17, 15) is 52.7 Å². The molecule has 0 heterocycles. The number of halogens is 18. The molecule has 4 N–H and O–H groups in total. The molecule has 4 aromatic rings. The van der Waals surface area contributed by atoms with Crippen LogP contribution in [0.5, 0.6) is 0 Å². The Bertz CT molecular complexity index is 1840. The Morgan fingerprint density at radius 1 is 0.291 bits per heavy atom. The standard InChI is InChI=1S/C35H24F18N2/c36-28(37,30(40,41)31(42,43)32(44,45)33(46,47)35(51,52)53)27(29(38,39)34(48,49)50,23-9-1-19(2-10-23)17-21-5-13-25(54)14-6-21)24-11-3-20(4-12-24)18-22-7-15-26(55)16-8-22/h1-16H,17-18,54-55H2. The highest BCUT2D eigenvalue weighted by molar-refractivity contribution is 5.51. The van der Waals surface area contributed by atoms with Crippen molar-refractivity contribution < 1.29 is 79.0 Å². The van der Waals surface area contributed by atoms with Gasteiger partial charge in [-0.15, -0.1) is 0 Å². The van der Waals surface area contributed by atoms with Crippen LogP contribution in [0.15, 0.2) is 97.1 Å². The molecule has 55 heavy (non-hydrogen) atoms. The van der Waals surface area contributed by atoms with Gasteiger partial charge in [0.15, 0.2) is 5.41 Å². The van der Waals surface area contributed by atoms with Crippen LogP contribution < -0.4 is 11.5 Å². The largest absolute Gasteiger partial charge is 0.460 e. The quantitative estimate of drug-likeness (QED) is 0.111. The Labute approximate surface area is 298 Å². The molecule has 4 aromatic carbocycles. The minimum absolute atomic E-state index is 0.0842. The van der Waals surface area contributed by atoms with Gasteiger partial charge in [0, 0.05) is 11.4 Å². The number of alkyl halides is 18. The second-order valence-electron chi connectivity index (χ2n) is 12.4. The topological polar surface area (TPSA) is 52.0 Å². The molecule has 0 spiro atoms. The summed E-state index contributed by atoms with van der Waals surface area (Å²) in [5, 5.41) is 0. The molecule has 0 unspecified atom stereocenters. The molecule has 0 aliphatic heterocycles. The van der Waals surface area contributed by atoms with Gasteiger partial charge in [0.05, 0.1) is 0 Å². The van der Waals surface area contributed by atoms with Gasteiger partial charge in [0.2, 0.25) is 0 Å². The lowest BCUT2D eigenvalue weighted by atomic mass is 9.62. The maximum absolute atomic E-state index is 16.5. The third kappa shape index (κ3) is 6.78. The summed E-state index contributed by atoms with van der Waals surface area (Å²) in [5.74, 6) is -49.5. The maximum atomic E-state index is 16.5. The maximum Gasteiger partial charge on any atom is 0.460 e. The zero-order valence-electron chi connectivity index (χ0n) is 27.1. The molecule has 0 saturated heterocycles. The van der Waals surface area contributed by atoms with Gasteiger partial charge in [-0.05, 0) is 70.5 Å². The molecule has 0 bridgehead atoms. The van der Waals surface area contributed by atoms with Crippen molar-refractivity contribution in [3.63, 3.8) is 0 Å². The van der Waals surface area contributed by atoms with E-state index in [2.05, 4.69) is 0 Å². The third-order valence-electron chi connectivity index (χ3n) is 8.78. The van der Waals surface area contributed by atoms with Crippen LogP contribution in [0.2, 0.25) is 0 Å². The molecule has 0 atom stereocenters. The van der Waals surface area contributed by atoms with Crippen molar-refractivity contribution in [2.45, 2.75) is 66.1 Å². The SMILES string of the molecule is Nc1ccc(Cc2ccc(C(c3ccc(Cc4ccc(N)cc4)cc3)(C(F)(F)C(F)(F)F)C(F)(F)C(F)(F)C(F)(F)C(F)(F)C(F)(F)C(F)(F)F)cc2)cc1. The molecule has 300 valence electrons. The van der Waals surface area contributed by atoms with Crippen molar-refractivity contribution in [1.29, 1.82) is 0 Å². The summed E-state index contributed by atoms with van der Waals surface area (Å²) in [7, 11) is 0. The number of rotatable bonds is 12. The van der Waals surface area contributed by atoms with Gasteiger partial charge in [-0.3, -0.25) is 0 Å². The fourth-order valence-corrected chi connectivity index (χ4v) is 5.79. The fourth-order valence-electron chi connectivity index (χ4n) is 5.79. The lowest BCUT2D eigenvalue weighted by Crippen LogP contribution is -2.76. The highest BCUT2D eigenvalue weighted by atomic mass is 19.4. The molecule has 0 radical (unpaired) electrons. The lowest BCUT2D eigenvalue weighted by molar-refractivity contribution is -0.451. The smallest absolute Gasteiger partial charge is 0.399 e. The van der Waals surface area contributed by atoms with E-state index in [1.807, 2.05) is 0 Å². The first-order valence-electron chi connectivity index (χ1n) is 15.2. The predicted molar refractivity (Wildman–Crippen MR) is 163 cm³/mol. The monoisotopic (exact) mass is 814 g/mol. The van der Waals surface area contributed by atoms with Crippen LogP contribution in [0, 0.1) is 0 Å². The van der Waals surface area contributed by atoms with E-state index in [0.29, 0.717) is 35.4 Å². The highest BCUT2D eigenvalue weighted by Crippen LogP contribution is 2.68. The zero-order chi connectivity index (χ0) is 41.8. The zero-order valence-corrected chi connectivity index (χ0v) is 27.1. The molecule has 2 nitrogen and oxygen atoms in total. The Morgan fingerprint density at radius 3 is 0.800 bits per heavy atom. The van der Waals surface area contributed by atoms with Crippen molar-refractivity contribution in [2.24, 2.45) is 0 Å². The van der Waals surface area contributed by atoms with Crippen LogP contribution in [-0.2, 0) is 18.3 Å². The van der Waals surface area contributed by atoms with Crippen LogP contribution in [0.25, 0.3) is 0 Å². The fraction of sp³-hybridized carbons (Fsp3) is 0.314. The second kappa shape index (κ2) is 13.8. The van der Waals surface area contributed by atoms with Gasteiger partial charge >= 0.3 is 47.9 Å². The predicted octanol–water partition coefficient (Wildman–Crippen LogP) is 11.3. The normalized spacial score (nSPS) is 14.3. The molecule has 0 aliphatic rings. The van der Waals surface area contributed by atoms with E-state index >= 15 is 26.3 Å². The van der Waals surface area contributed by atoms with Crippen molar-refractivity contribution in [3.05, 3.63) is 130 Å². The average molecular weight is 815 g/mol. The van der Waals surface area contributed by atoms with Crippen molar-refractivity contribution in [1.82, 2.24) is 0 Å². The molecule has 0 amide bonds. The molecule has 4 rings (SSSR count). The number of benzene rings is 4. The molecule has 0 aromatic heterocycles. The van der Waals surface area contributed by atoms with Crippen LogP contribution >= 0.6 is 0 Å².